The molecule has 0 fully saturated rings. The molecule has 1 aromatic heterocycles. The highest BCUT2D eigenvalue weighted by Gasteiger charge is 2.37. The van der Waals surface area contributed by atoms with E-state index < -0.39 is 0 Å². The summed E-state index contributed by atoms with van der Waals surface area (Å²) in [5, 5.41) is 2.97. The van der Waals surface area contributed by atoms with Crippen molar-refractivity contribution in [3.05, 3.63) is 63.9 Å². The van der Waals surface area contributed by atoms with E-state index in [9.17, 15) is 4.79 Å². The number of hydrogen-bond acceptors (Lipinski definition) is 3. The molecule has 1 amide bonds. The van der Waals surface area contributed by atoms with Crippen LogP contribution in [0.2, 0.25) is 0 Å². The van der Waals surface area contributed by atoms with Gasteiger partial charge in [-0.15, -0.1) is 0 Å². The summed E-state index contributed by atoms with van der Waals surface area (Å²) in [4.78, 5) is 16.3. The maximum absolute atomic E-state index is 12.3. The fraction of sp³-hybridized carbons (Fsp3) is 0.294. The van der Waals surface area contributed by atoms with Gasteiger partial charge in [0.05, 0.1) is 11.2 Å². The van der Waals surface area contributed by atoms with Crippen LogP contribution in [0.1, 0.15) is 21.5 Å². The molecule has 114 valence electrons. The summed E-state index contributed by atoms with van der Waals surface area (Å²) in [6, 6.07) is 10.1. The number of aromatic nitrogens is 1. The van der Waals surface area contributed by atoms with Crippen molar-refractivity contribution in [3.63, 3.8) is 0 Å². The Labute approximate surface area is 138 Å². The number of hydrogen-bond donors (Lipinski definition) is 1. The summed E-state index contributed by atoms with van der Waals surface area (Å²) >= 11 is 3.32. The van der Waals surface area contributed by atoms with Crippen molar-refractivity contribution in [2.45, 2.75) is 18.4 Å². The number of benzene rings is 1. The Bertz CT molecular complexity index is 678. The zero-order valence-corrected chi connectivity index (χ0v) is 13.9. The first-order valence-electron chi connectivity index (χ1n) is 7.13. The van der Waals surface area contributed by atoms with Crippen molar-refractivity contribution in [1.82, 2.24) is 10.3 Å². The third-order valence-electron chi connectivity index (χ3n) is 4.11. The minimum Gasteiger partial charge on any atom is -0.376 e. The molecule has 0 unspecified atom stereocenters. The van der Waals surface area contributed by atoms with Crippen LogP contribution in [0.3, 0.4) is 0 Å². The number of rotatable bonds is 4. The molecule has 0 spiro atoms. The van der Waals surface area contributed by atoms with E-state index in [4.69, 9.17) is 4.74 Å². The smallest absolute Gasteiger partial charge is 0.252 e. The lowest BCUT2D eigenvalue weighted by atomic mass is 10.00. The van der Waals surface area contributed by atoms with Gasteiger partial charge in [0.25, 0.3) is 5.91 Å². The van der Waals surface area contributed by atoms with E-state index in [1.165, 1.54) is 11.1 Å². The van der Waals surface area contributed by atoms with Crippen molar-refractivity contribution in [1.29, 1.82) is 0 Å². The number of halogens is 1. The van der Waals surface area contributed by atoms with Gasteiger partial charge in [-0.05, 0) is 33.1 Å². The minimum atomic E-state index is -0.362. The molecule has 1 aromatic carbocycles. The Morgan fingerprint density at radius 3 is 2.59 bits per heavy atom. The number of carbonyl (C=O) groups excluding carboxylic acids is 1. The topological polar surface area (TPSA) is 51.2 Å². The molecule has 0 aliphatic heterocycles. The third kappa shape index (κ3) is 3.05. The number of nitrogens with zero attached hydrogens (tertiary/aromatic N) is 1. The highest BCUT2D eigenvalue weighted by molar-refractivity contribution is 9.10. The van der Waals surface area contributed by atoms with Crippen molar-refractivity contribution in [2.75, 3.05) is 13.7 Å². The predicted molar refractivity (Wildman–Crippen MR) is 87.9 cm³/mol. The first kappa shape index (κ1) is 15.2. The molecule has 0 radical (unpaired) electrons. The molecule has 1 N–H and O–H groups in total. The number of carbonyl (C=O) groups is 1. The molecule has 0 atom stereocenters. The Morgan fingerprint density at radius 1 is 1.32 bits per heavy atom. The molecule has 0 saturated heterocycles. The maximum atomic E-state index is 12.3. The second kappa shape index (κ2) is 6.18. The van der Waals surface area contributed by atoms with Crippen LogP contribution in [0, 0.1) is 0 Å². The first-order chi connectivity index (χ1) is 10.6. The number of ether oxygens (including phenoxy) is 1. The van der Waals surface area contributed by atoms with Gasteiger partial charge in [-0.2, -0.15) is 0 Å². The second-order valence-electron chi connectivity index (χ2n) is 5.58. The number of pyridine rings is 1. The summed E-state index contributed by atoms with van der Waals surface area (Å²) in [5.74, 6) is -0.138. The predicted octanol–water partition coefficient (Wildman–Crippen LogP) is 2.76. The van der Waals surface area contributed by atoms with Crippen molar-refractivity contribution >= 4 is 21.8 Å². The van der Waals surface area contributed by atoms with Crippen molar-refractivity contribution < 1.29 is 9.53 Å². The van der Waals surface area contributed by atoms with E-state index in [0.29, 0.717) is 12.1 Å². The Balaban J connectivity index is 1.69. The molecule has 22 heavy (non-hydrogen) atoms. The first-order valence-corrected chi connectivity index (χ1v) is 7.92. The summed E-state index contributed by atoms with van der Waals surface area (Å²) in [7, 11) is 1.71. The lowest BCUT2D eigenvalue weighted by Gasteiger charge is -2.27. The third-order valence-corrected chi connectivity index (χ3v) is 4.55. The van der Waals surface area contributed by atoms with Gasteiger partial charge in [-0.1, -0.05) is 24.3 Å². The van der Waals surface area contributed by atoms with E-state index in [1.54, 1.807) is 25.6 Å². The molecule has 2 aromatic rings. The van der Waals surface area contributed by atoms with Crippen LogP contribution in [-0.2, 0) is 17.6 Å². The summed E-state index contributed by atoms with van der Waals surface area (Å²) in [5.41, 5.74) is 2.76. The van der Waals surface area contributed by atoms with Crippen LogP contribution >= 0.6 is 15.9 Å². The molecular weight excluding hydrogens is 344 g/mol. The van der Waals surface area contributed by atoms with Gasteiger partial charge in [0.15, 0.2) is 0 Å². The van der Waals surface area contributed by atoms with Crippen LogP contribution in [-0.4, -0.2) is 30.1 Å². The van der Waals surface area contributed by atoms with Gasteiger partial charge >= 0.3 is 0 Å². The molecule has 0 saturated carbocycles. The van der Waals surface area contributed by atoms with Gasteiger partial charge in [-0.3, -0.25) is 9.78 Å². The Hall–Kier alpha value is -1.72. The number of amides is 1. The van der Waals surface area contributed by atoms with Gasteiger partial charge in [-0.25, -0.2) is 0 Å². The second-order valence-corrected chi connectivity index (χ2v) is 6.50. The van der Waals surface area contributed by atoms with E-state index in [-0.39, 0.29) is 11.5 Å². The van der Waals surface area contributed by atoms with E-state index in [1.807, 2.05) is 12.1 Å². The number of methoxy groups -OCH3 is 1. The Kier molecular flexibility index (Phi) is 4.27. The van der Waals surface area contributed by atoms with Gasteiger partial charge < -0.3 is 10.1 Å². The molecule has 1 aliphatic carbocycles. The molecule has 3 rings (SSSR count). The van der Waals surface area contributed by atoms with E-state index in [2.05, 4.69) is 38.4 Å². The van der Waals surface area contributed by atoms with E-state index in [0.717, 1.165) is 17.3 Å². The molecule has 1 aliphatic rings. The maximum Gasteiger partial charge on any atom is 0.252 e. The standard InChI is InChI=1S/C17H17BrN2O2/c1-22-17(7-12-4-2-3-5-13(12)8-17)11-20-16(21)14-6-15(18)10-19-9-14/h2-6,9-10H,7-8,11H2,1H3,(H,20,21). The molecule has 4 nitrogen and oxygen atoms in total. The molecule has 5 heteroatoms. The molecule has 1 heterocycles. The quantitative estimate of drug-likeness (QED) is 0.911. The highest BCUT2D eigenvalue weighted by atomic mass is 79.9. The van der Waals surface area contributed by atoms with Crippen LogP contribution in [0.25, 0.3) is 0 Å². The molecule has 0 bridgehead atoms. The fourth-order valence-electron chi connectivity index (χ4n) is 2.88. The number of nitrogens with one attached hydrogen (secondary N) is 1. The van der Waals surface area contributed by atoms with Crippen LogP contribution in [0.4, 0.5) is 0 Å². The lowest BCUT2D eigenvalue weighted by molar-refractivity contribution is 0.000173. The van der Waals surface area contributed by atoms with Gasteiger partial charge in [0, 0.05) is 43.4 Å². The van der Waals surface area contributed by atoms with E-state index >= 15 is 0 Å². The Morgan fingerprint density at radius 2 is 2.00 bits per heavy atom. The zero-order chi connectivity index (χ0) is 15.6. The zero-order valence-electron chi connectivity index (χ0n) is 12.3. The average Bonchev–Trinajstić information content (AvgIpc) is 2.92. The largest absolute Gasteiger partial charge is 0.376 e. The average molecular weight is 361 g/mol. The fourth-order valence-corrected chi connectivity index (χ4v) is 3.24. The summed E-state index contributed by atoms with van der Waals surface area (Å²) in [6.07, 6.45) is 4.84. The monoisotopic (exact) mass is 360 g/mol. The van der Waals surface area contributed by atoms with Gasteiger partial charge in [0.2, 0.25) is 0 Å². The van der Waals surface area contributed by atoms with Crippen LogP contribution in [0.5, 0.6) is 0 Å². The van der Waals surface area contributed by atoms with Gasteiger partial charge in [0.1, 0.15) is 0 Å². The van der Waals surface area contributed by atoms with Crippen molar-refractivity contribution in [2.24, 2.45) is 0 Å². The lowest BCUT2D eigenvalue weighted by Crippen LogP contribution is -2.45. The highest BCUT2D eigenvalue weighted by Crippen LogP contribution is 2.32. The van der Waals surface area contributed by atoms with Crippen LogP contribution in [0.15, 0.2) is 47.2 Å². The number of fused-ring (bicyclic) bond motifs is 1. The molecular formula is C17H17BrN2O2. The summed E-state index contributed by atoms with van der Waals surface area (Å²) in [6.45, 7) is 0.476. The van der Waals surface area contributed by atoms with Crippen molar-refractivity contribution in [3.8, 4) is 0 Å². The van der Waals surface area contributed by atoms with Crippen LogP contribution < -0.4 is 5.32 Å². The normalized spacial score (nSPS) is 15.4. The minimum absolute atomic E-state index is 0.138. The SMILES string of the molecule is COC1(CNC(=O)c2cncc(Br)c2)Cc2ccccc2C1. The summed E-state index contributed by atoms with van der Waals surface area (Å²) < 4.78 is 6.54.